The molecule has 6 heteroatoms. The summed E-state index contributed by atoms with van der Waals surface area (Å²) in [5.74, 6) is 0.771. The Morgan fingerprint density at radius 3 is 3.00 bits per heavy atom. The number of ether oxygens (including phenoxy) is 2. The number of nitrogens with one attached hydrogen (secondary N) is 1. The summed E-state index contributed by atoms with van der Waals surface area (Å²) in [4.78, 5) is 15.8. The van der Waals surface area contributed by atoms with Crippen molar-refractivity contribution in [1.82, 2.24) is 5.32 Å². The Morgan fingerprint density at radius 2 is 2.27 bits per heavy atom. The van der Waals surface area contributed by atoms with Crippen molar-refractivity contribution in [1.29, 1.82) is 0 Å². The number of aromatic hydroxyl groups is 1. The van der Waals surface area contributed by atoms with Crippen LogP contribution in [-0.2, 0) is 4.74 Å². The topological polar surface area (TPSA) is 80.2 Å². The largest absolute Gasteiger partial charge is 0.507 e. The third-order valence-electron chi connectivity index (χ3n) is 3.29. The zero-order valence-corrected chi connectivity index (χ0v) is 12.8. The molecule has 0 aromatic heterocycles. The van der Waals surface area contributed by atoms with Gasteiger partial charge < -0.3 is 19.9 Å². The van der Waals surface area contributed by atoms with E-state index in [1.807, 2.05) is 0 Å². The van der Waals surface area contributed by atoms with Gasteiger partial charge >= 0.3 is 6.09 Å². The van der Waals surface area contributed by atoms with Gasteiger partial charge in [-0.2, -0.15) is 0 Å². The fourth-order valence-corrected chi connectivity index (χ4v) is 2.13. The van der Waals surface area contributed by atoms with Crippen LogP contribution in [0.1, 0.15) is 38.2 Å². The van der Waals surface area contributed by atoms with E-state index in [1.165, 1.54) is 18.6 Å². The Morgan fingerprint density at radius 1 is 1.41 bits per heavy atom. The van der Waals surface area contributed by atoms with Crippen LogP contribution < -0.4 is 10.1 Å². The average molecular weight is 305 g/mol. The first kappa shape index (κ1) is 16.1. The number of carbonyl (C=O) groups excluding carboxylic acids is 1. The lowest BCUT2D eigenvalue weighted by atomic mass is 10.1. The van der Waals surface area contributed by atoms with Gasteiger partial charge in [0.2, 0.25) is 5.90 Å². The molecule has 1 aromatic rings. The summed E-state index contributed by atoms with van der Waals surface area (Å²) in [6.07, 6.45) is 3.86. The molecule has 1 amide bonds. The third-order valence-corrected chi connectivity index (χ3v) is 3.29. The molecule has 120 valence electrons. The normalized spacial score (nSPS) is 13.4. The molecule has 0 bridgehead atoms. The summed E-state index contributed by atoms with van der Waals surface area (Å²) in [6, 6.07) is 4.55. The molecule has 1 aliphatic rings. The van der Waals surface area contributed by atoms with Gasteiger partial charge in [0, 0.05) is 6.54 Å². The molecule has 2 N–H and O–H groups in total. The molecule has 0 saturated carbocycles. The maximum atomic E-state index is 11.7. The quantitative estimate of drug-likeness (QED) is 0.759. The second-order valence-electron chi connectivity index (χ2n) is 5.09. The van der Waals surface area contributed by atoms with Crippen molar-refractivity contribution in [3.8, 4) is 11.5 Å². The first-order chi connectivity index (χ1) is 10.7. The Labute approximate surface area is 130 Å². The Bertz CT molecular complexity index is 543. The van der Waals surface area contributed by atoms with E-state index < -0.39 is 6.09 Å². The molecule has 6 nitrogen and oxygen atoms in total. The summed E-state index contributed by atoms with van der Waals surface area (Å²) in [7, 11) is 0. The Kier molecular flexibility index (Phi) is 6.06. The number of aliphatic imine (C=N–C) groups is 1. The van der Waals surface area contributed by atoms with E-state index in [9.17, 15) is 9.90 Å². The fraction of sp³-hybridized carbons (Fsp3) is 0.500. The molecule has 0 unspecified atom stereocenters. The molecule has 0 saturated heterocycles. The van der Waals surface area contributed by atoms with Crippen molar-refractivity contribution in [2.75, 3.05) is 19.7 Å². The highest BCUT2D eigenvalue weighted by Crippen LogP contribution is 2.25. The molecule has 1 aliphatic heterocycles. The van der Waals surface area contributed by atoms with Crippen molar-refractivity contribution in [3.05, 3.63) is 23.8 Å². The van der Waals surface area contributed by atoms with E-state index in [2.05, 4.69) is 17.2 Å². The number of amides is 1. The predicted octanol–water partition coefficient (Wildman–Crippen LogP) is 2.84. The lowest BCUT2D eigenvalue weighted by molar-refractivity contribution is 0.200. The standard InChI is InChI=1S/C16H22N2O4/c1-2-3-4-5-8-18-16(20)22-12-6-7-14(19)13(11-12)15-17-9-10-21-15/h6-7,11,19H,2-5,8-10H2,1H3,(H,18,20)/i16-1. The summed E-state index contributed by atoms with van der Waals surface area (Å²) in [6.45, 7) is 3.80. The second kappa shape index (κ2) is 8.26. The molecule has 0 spiro atoms. The van der Waals surface area contributed by atoms with Gasteiger partial charge in [0.15, 0.2) is 0 Å². The summed E-state index contributed by atoms with van der Waals surface area (Å²) < 4.78 is 10.5. The highest BCUT2D eigenvalue weighted by atomic mass is 16.5. The second-order valence-corrected chi connectivity index (χ2v) is 5.09. The van der Waals surface area contributed by atoms with Gasteiger partial charge in [0.05, 0.1) is 12.1 Å². The summed E-state index contributed by atoms with van der Waals surface area (Å²) >= 11 is 0. The SMILES string of the molecule is CCCCCCN[11C](=O)Oc1ccc(O)c(C2=NCCO2)c1. The van der Waals surface area contributed by atoms with Crippen molar-refractivity contribution in [3.63, 3.8) is 0 Å². The van der Waals surface area contributed by atoms with Crippen LogP contribution in [-0.4, -0.2) is 36.8 Å². The first-order valence-electron chi connectivity index (χ1n) is 7.67. The lowest BCUT2D eigenvalue weighted by Gasteiger charge is -2.09. The molecule has 1 aromatic carbocycles. The number of phenols is 1. The van der Waals surface area contributed by atoms with Crippen LogP contribution in [0.2, 0.25) is 0 Å². The van der Waals surface area contributed by atoms with Gasteiger partial charge in [-0.15, -0.1) is 0 Å². The van der Waals surface area contributed by atoms with Crippen LogP contribution in [0.4, 0.5) is 4.79 Å². The molecule has 2 rings (SSSR count). The zero-order valence-electron chi connectivity index (χ0n) is 12.8. The number of carbonyl (C=O) groups is 1. The van der Waals surface area contributed by atoms with Crippen LogP contribution in [0, 0.1) is 0 Å². The van der Waals surface area contributed by atoms with Crippen LogP contribution in [0.5, 0.6) is 11.5 Å². The number of hydrogen-bond acceptors (Lipinski definition) is 5. The van der Waals surface area contributed by atoms with Crippen LogP contribution in [0.3, 0.4) is 0 Å². The van der Waals surface area contributed by atoms with Crippen molar-refractivity contribution in [2.24, 2.45) is 4.99 Å². The van der Waals surface area contributed by atoms with Gasteiger partial charge in [0.1, 0.15) is 18.1 Å². The highest BCUT2D eigenvalue weighted by molar-refractivity contribution is 5.98. The van der Waals surface area contributed by atoms with E-state index in [0.717, 1.165) is 19.3 Å². The molecular formula is C16H22N2O4. The first-order valence-corrected chi connectivity index (χ1v) is 7.67. The van der Waals surface area contributed by atoms with Gasteiger partial charge in [-0.05, 0) is 24.6 Å². The summed E-state index contributed by atoms with van der Waals surface area (Å²) in [5.41, 5.74) is 0.436. The lowest BCUT2D eigenvalue weighted by Crippen LogP contribution is -2.27. The van der Waals surface area contributed by atoms with Crippen LogP contribution >= 0.6 is 0 Å². The number of benzene rings is 1. The van der Waals surface area contributed by atoms with Gasteiger partial charge in [0.25, 0.3) is 0 Å². The monoisotopic (exact) mass is 305 g/mol. The van der Waals surface area contributed by atoms with E-state index in [0.29, 0.717) is 36.9 Å². The highest BCUT2D eigenvalue weighted by Gasteiger charge is 2.16. The summed E-state index contributed by atoms with van der Waals surface area (Å²) in [5, 5.41) is 12.5. The average Bonchev–Trinajstić information content (AvgIpc) is 3.03. The predicted molar refractivity (Wildman–Crippen MR) is 83.6 cm³/mol. The van der Waals surface area contributed by atoms with E-state index in [4.69, 9.17) is 9.47 Å². The minimum Gasteiger partial charge on any atom is -0.507 e. The zero-order chi connectivity index (χ0) is 15.8. The minimum absolute atomic E-state index is 0.0490. The van der Waals surface area contributed by atoms with Crippen molar-refractivity contribution < 1.29 is 19.4 Å². The van der Waals surface area contributed by atoms with Gasteiger partial charge in [-0.25, -0.2) is 9.79 Å². The number of nitrogens with zero attached hydrogens (tertiary/aromatic N) is 1. The maximum absolute atomic E-state index is 11.7. The third kappa shape index (κ3) is 4.65. The molecule has 1 heterocycles. The van der Waals surface area contributed by atoms with Crippen molar-refractivity contribution in [2.45, 2.75) is 32.6 Å². The van der Waals surface area contributed by atoms with Gasteiger partial charge in [-0.1, -0.05) is 26.2 Å². The van der Waals surface area contributed by atoms with Crippen LogP contribution in [0.25, 0.3) is 0 Å². The van der Waals surface area contributed by atoms with E-state index >= 15 is 0 Å². The molecular weight excluding hydrogens is 283 g/mol. The smallest absolute Gasteiger partial charge is 0.412 e. The molecule has 22 heavy (non-hydrogen) atoms. The van der Waals surface area contributed by atoms with E-state index in [-0.39, 0.29) is 5.75 Å². The molecule has 0 aliphatic carbocycles. The molecule has 0 atom stereocenters. The number of unbranched alkanes of at least 4 members (excludes halogenated alkanes) is 3. The number of rotatable bonds is 7. The van der Waals surface area contributed by atoms with E-state index in [1.54, 1.807) is 6.07 Å². The fourth-order valence-electron chi connectivity index (χ4n) is 2.13. The molecule has 0 fully saturated rings. The maximum Gasteiger partial charge on any atom is 0.412 e. The number of hydrogen-bond donors (Lipinski definition) is 2. The van der Waals surface area contributed by atoms with Crippen molar-refractivity contribution >= 4 is 12.0 Å². The minimum atomic E-state index is -0.498. The Hall–Kier alpha value is -2.24. The Balaban J connectivity index is 1.87. The van der Waals surface area contributed by atoms with Crippen LogP contribution in [0.15, 0.2) is 23.2 Å². The number of phenolic OH excluding ortho intramolecular Hbond substituents is 1. The van der Waals surface area contributed by atoms with Gasteiger partial charge in [-0.3, -0.25) is 0 Å². The molecule has 0 radical (unpaired) electrons.